The minimum absolute atomic E-state index is 0.194. The van der Waals surface area contributed by atoms with Crippen LogP contribution < -0.4 is 5.69 Å². The number of amides is 1. The van der Waals surface area contributed by atoms with E-state index < -0.39 is 0 Å². The first kappa shape index (κ1) is 16.0. The van der Waals surface area contributed by atoms with Crippen LogP contribution in [0.15, 0.2) is 33.5 Å². The van der Waals surface area contributed by atoms with Crippen molar-refractivity contribution >= 4 is 21.8 Å². The van der Waals surface area contributed by atoms with Crippen LogP contribution in [0.25, 0.3) is 5.69 Å². The van der Waals surface area contributed by atoms with E-state index in [1.807, 2.05) is 36.1 Å². The largest absolute Gasteiger partial charge is 0.347 e. The molecule has 1 aliphatic rings. The molecule has 1 aromatic carbocycles. The molecule has 0 bridgehead atoms. The molecule has 1 aromatic heterocycles. The molecule has 6 nitrogen and oxygen atoms in total. The summed E-state index contributed by atoms with van der Waals surface area (Å²) in [6, 6.07) is 7.56. The highest BCUT2D eigenvalue weighted by Crippen LogP contribution is 2.21. The van der Waals surface area contributed by atoms with Crippen molar-refractivity contribution in [2.75, 3.05) is 13.1 Å². The lowest BCUT2D eigenvalue weighted by molar-refractivity contribution is -0.129. The van der Waals surface area contributed by atoms with Gasteiger partial charge < -0.3 is 4.90 Å². The third-order valence-corrected chi connectivity index (χ3v) is 4.77. The van der Waals surface area contributed by atoms with Crippen molar-refractivity contribution in [1.82, 2.24) is 19.7 Å². The number of aromatic nitrogens is 3. The molecule has 0 saturated carbocycles. The zero-order valence-corrected chi connectivity index (χ0v) is 14.5. The van der Waals surface area contributed by atoms with E-state index in [1.54, 1.807) is 4.57 Å². The molecule has 1 aliphatic heterocycles. The maximum absolute atomic E-state index is 12.1. The predicted octanol–water partition coefficient (Wildman–Crippen LogP) is 2.12. The molecule has 1 saturated heterocycles. The zero-order valence-electron chi connectivity index (χ0n) is 13.0. The van der Waals surface area contributed by atoms with Crippen LogP contribution in [0.1, 0.15) is 25.6 Å². The molecule has 0 spiro atoms. The number of H-pyrrole nitrogens is 1. The summed E-state index contributed by atoms with van der Waals surface area (Å²) in [7, 11) is 0. The van der Waals surface area contributed by atoms with Crippen LogP contribution in [0.2, 0.25) is 0 Å². The summed E-state index contributed by atoms with van der Waals surface area (Å²) in [5.74, 6) is 1.25. The zero-order chi connectivity index (χ0) is 16.4. The Labute approximate surface area is 142 Å². The number of benzene rings is 1. The van der Waals surface area contributed by atoms with Crippen LogP contribution in [-0.2, 0) is 11.2 Å². The van der Waals surface area contributed by atoms with E-state index in [4.69, 9.17) is 0 Å². The van der Waals surface area contributed by atoms with E-state index in [9.17, 15) is 9.59 Å². The fraction of sp³-hybridized carbons (Fsp3) is 0.438. The summed E-state index contributed by atoms with van der Waals surface area (Å²) >= 11 is 3.40. The summed E-state index contributed by atoms with van der Waals surface area (Å²) in [5.41, 5.74) is 0.559. The van der Waals surface area contributed by atoms with Gasteiger partial charge in [0.15, 0.2) is 0 Å². The van der Waals surface area contributed by atoms with Gasteiger partial charge in [0.2, 0.25) is 5.91 Å². The lowest BCUT2D eigenvalue weighted by Gasteiger charge is -2.15. The van der Waals surface area contributed by atoms with Crippen molar-refractivity contribution in [3.05, 3.63) is 45.0 Å². The molecule has 3 rings (SSSR count). The third-order valence-electron chi connectivity index (χ3n) is 4.24. The highest BCUT2D eigenvalue weighted by molar-refractivity contribution is 9.10. The SMILES string of the molecule is CCC(=O)N1CC[C@@H](Cc2n[nH]c(=O)n2-c2ccc(Br)cc2)C1. The van der Waals surface area contributed by atoms with Gasteiger partial charge in [0.25, 0.3) is 0 Å². The number of hydrogen-bond donors (Lipinski definition) is 1. The molecule has 0 aliphatic carbocycles. The second-order valence-corrected chi connectivity index (χ2v) is 6.72. The fourth-order valence-corrected chi connectivity index (χ4v) is 3.29. The lowest BCUT2D eigenvalue weighted by atomic mass is 10.0. The van der Waals surface area contributed by atoms with Crippen molar-refractivity contribution in [1.29, 1.82) is 0 Å². The van der Waals surface area contributed by atoms with Gasteiger partial charge in [-0.25, -0.2) is 14.5 Å². The standard InChI is InChI=1S/C16H19BrN4O2/c1-2-15(22)20-8-7-11(10-20)9-14-18-19-16(23)21(14)13-5-3-12(17)4-6-13/h3-6,11H,2,7-10H2,1H3,(H,19,23)/t11-/m0/s1. The van der Waals surface area contributed by atoms with Gasteiger partial charge >= 0.3 is 5.69 Å². The smallest absolute Gasteiger partial charge is 0.342 e. The molecule has 2 aromatic rings. The maximum atomic E-state index is 12.1. The van der Waals surface area contributed by atoms with Crippen molar-refractivity contribution in [3.63, 3.8) is 0 Å². The van der Waals surface area contributed by atoms with Crippen LogP contribution in [-0.4, -0.2) is 38.7 Å². The Morgan fingerprint density at radius 1 is 1.39 bits per heavy atom. The molecular weight excluding hydrogens is 360 g/mol. The Hall–Kier alpha value is -1.89. The van der Waals surface area contributed by atoms with E-state index in [1.165, 1.54) is 0 Å². The Morgan fingerprint density at radius 3 is 2.83 bits per heavy atom. The van der Waals surface area contributed by atoms with E-state index in [0.717, 1.165) is 29.7 Å². The normalized spacial score (nSPS) is 17.7. The second-order valence-electron chi connectivity index (χ2n) is 5.81. The molecule has 1 amide bonds. The minimum Gasteiger partial charge on any atom is -0.342 e. The molecule has 1 fully saturated rings. The number of carbonyl (C=O) groups excluding carboxylic acids is 1. The van der Waals surface area contributed by atoms with Crippen molar-refractivity contribution in [3.8, 4) is 5.69 Å². The van der Waals surface area contributed by atoms with E-state index >= 15 is 0 Å². The van der Waals surface area contributed by atoms with Crippen LogP contribution in [0, 0.1) is 5.92 Å². The van der Waals surface area contributed by atoms with Crippen LogP contribution in [0.5, 0.6) is 0 Å². The average Bonchev–Trinajstić information content (AvgIpc) is 3.15. The molecular formula is C16H19BrN4O2. The quantitative estimate of drug-likeness (QED) is 0.885. The number of hydrogen-bond acceptors (Lipinski definition) is 3. The molecule has 7 heteroatoms. The minimum atomic E-state index is -0.234. The summed E-state index contributed by atoms with van der Waals surface area (Å²) in [5, 5.41) is 6.71. The van der Waals surface area contributed by atoms with Gasteiger partial charge in [-0.1, -0.05) is 22.9 Å². The van der Waals surface area contributed by atoms with Gasteiger partial charge in [-0.2, -0.15) is 5.10 Å². The Balaban J connectivity index is 1.79. The maximum Gasteiger partial charge on any atom is 0.347 e. The summed E-state index contributed by atoms with van der Waals surface area (Å²) in [4.78, 5) is 25.8. The molecule has 1 atom stereocenters. The van der Waals surface area contributed by atoms with Gasteiger partial charge in [0.05, 0.1) is 5.69 Å². The third kappa shape index (κ3) is 3.39. The first-order valence-corrected chi connectivity index (χ1v) is 8.57. The number of nitrogens with one attached hydrogen (secondary N) is 1. The van der Waals surface area contributed by atoms with E-state index in [-0.39, 0.29) is 11.6 Å². The molecule has 1 N–H and O–H groups in total. The molecule has 23 heavy (non-hydrogen) atoms. The molecule has 0 radical (unpaired) electrons. The summed E-state index contributed by atoms with van der Waals surface area (Å²) in [6.45, 7) is 3.42. The highest BCUT2D eigenvalue weighted by Gasteiger charge is 2.27. The second kappa shape index (κ2) is 6.70. The summed E-state index contributed by atoms with van der Waals surface area (Å²) in [6.07, 6.45) is 2.17. The number of rotatable bonds is 4. The Bertz CT molecular complexity index is 750. The molecule has 122 valence electrons. The Kier molecular flexibility index (Phi) is 4.66. The molecule has 2 heterocycles. The van der Waals surface area contributed by atoms with Crippen LogP contribution >= 0.6 is 15.9 Å². The van der Waals surface area contributed by atoms with Crippen LogP contribution in [0.3, 0.4) is 0 Å². The van der Waals surface area contributed by atoms with Gasteiger partial charge in [-0.15, -0.1) is 0 Å². The van der Waals surface area contributed by atoms with Gasteiger partial charge in [-0.05, 0) is 36.6 Å². The number of likely N-dealkylation sites (tertiary alicyclic amines) is 1. The monoisotopic (exact) mass is 378 g/mol. The lowest BCUT2D eigenvalue weighted by Crippen LogP contribution is -2.28. The average molecular weight is 379 g/mol. The first-order chi connectivity index (χ1) is 11.1. The number of halogens is 1. The number of aromatic amines is 1. The van der Waals surface area contributed by atoms with Crippen LogP contribution in [0.4, 0.5) is 0 Å². The molecule has 0 unspecified atom stereocenters. The Morgan fingerprint density at radius 2 is 2.13 bits per heavy atom. The van der Waals surface area contributed by atoms with Crippen molar-refractivity contribution < 1.29 is 4.79 Å². The highest BCUT2D eigenvalue weighted by atomic mass is 79.9. The summed E-state index contributed by atoms with van der Waals surface area (Å²) < 4.78 is 2.57. The van der Waals surface area contributed by atoms with Crippen molar-refractivity contribution in [2.45, 2.75) is 26.2 Å². The van der Waals surface area contributed by atoms with E-state index in [2.05, 4.69) is 26.1 Å². The predicted molar refractivity (Wildman–Crippen MR) is 90.6 cm³/mol. The van der Waals surface area contributed by atoms with Gasteiger partial charge in [0, 0.05) is 30.4 Å². The number of nitrogens with zero attached hydrogens (tertiary/aromatic N) is 3. The van der Waals surface area contributed by atoms with E-state index in [0.29, 0.717) is 24.6 Å². The van der Waals surface area contributed by atoms with Gasteiger partial charge in [-0.3, -0.25) is 4.79 Å². The fourth-order valence-electron chi connectivity index (χ4n) is 3.03. The van der Waals surface area contributed by atoms with Crippen molar-refractivity contribution in [2.24, 2.45) is 5.92 Å². The number of carbonyl (C=O) groups is 1. The van der Waals surface area contributed by atoms with Gasteiger partial charge in [0.1, 0.15) is 5.82 Å². The topological polar surface area (TPSA) is 71.0 Å². The first-order valence-electron chi connectivity index (χ1n) is 7.78.